The van der Waals surface area contributed by atoms with Crippen LogP contribution in [0.2, 0.25) is 0 Å². The van der Waals surface area contributed by atoms with E-state index < -0.39 is 5.91 Å². The summed E-state index contributed by atoms with van der Waals surface area (Å²) in [4.78, 5) is 12.9. The molecule has 0 atom stereocenters. The van der Waals surface area contributed by atoms with E-state index in [0.717, 1.165) is 33.3 Å². The molecule has 166 valence electrons. The van der Waals surface area contributed by atoms with E-state index in [1.807, 2.05) is 49.4 Å². The summed E-state index contributed by atoms with van der Waals surface area (Å²) in [5, 5.41) is 20.7. The molecule has 0 aliphatic carbocycles. The quantitative estimate of drug-likeness (QED) is 0.278. The standard InChI is InChI=1S/C28H22N4O2/c1-19-7-6-11-24(15-19)32-26(22-14-13-20-8-2-3-9-21(20)16-22)17-25(31-32)28(34)30-29-18-23-10-4-5-12-27(23)33/h2-18,33H,1H3,(H,30,34)/b29-18-. The fourth-order valence-corrected chi connectivity index (χ4v) is 3.82. The van der Waals surface area contributed by atoms with E-state index in [2.05, 4.69) is 39.9 Å². The summed E-state index contributed by atoms with van der Waals surface area (Å²) in [5.41, 5.74) is 6.94. The maximum atomic E-state index is 12.9. The van der Waals surface area contributed by atoms with Gasteiger partial charge in [-0.2, -0.15) is 10.2 Å². The SMILES string of the molecule is Cc1cccc(-n2nc(C(=O)N/N=C\c3ccccc3O)cc2-c2ccc3ccccc3c2)c1. The number of aromatic hydroxyl groups is 1. The minimum absolute atomic E-state index is 0.0859. The summed E-state index contributed by atoms with van der Waals surface area (Å²) in [6, 6.07) is 30.8. The van der Waals surface area contributed by atoms with Crippen molar-refractivity contribution in [3.05, 3.63) is 114 Å². The predicted molar refractivity (Wildman–Crippen MR) is 134 cm³/mol. The molecule has 0 aliphatic rings. The highest BCUT2D eigenvalue weighted by atomic mass is 16.3. The molecule has 34 heavy (non-hydrogen) atoms. The molecular weight excluding hydrogens is 424 g/mol. The van der Waals surface area contributed by atoms with Crippen molar-refractivity contribution < 1.29 is 9.90 Å². The topological polar surface area (TPSA) is 79.5 Å². The van der Waals surface area contributed by atoms with E-state index in [4.69, 9.17) is 0 Å². The zero-order chi connectivity index (χ0) is 23.5. The van der Waals surface area contributed by atoms with Crippen LogP contribution in [-0.4, -0.2) is 27.0 Å². The van der Waals surface area contributed by atoms with Gasteiger partial charge in [-0.25, -0.2) is 10.1 Å². The normalized spacial score (nSPS) is 11.2. The number of rotatable bonds is 5. The lowest BCUT2D eigenvalue weighted by Crippen LogP contribution is -2.18. The molecule has 4 aromatic carbocycles. The maximum absolute atomic E-state index is 12.9. The van der Waals surface area contributed by atoms with Gasteiger partial charge in [0.1, 0.15) is 5.75 Å². The van der Waals surface area contributed by atoms with Crippen LogP contribution in [0.5, 0.6) is 5.75 Å². The number of carbonyl (C=O) groups is 1. The molecule has 5 rings (SSSR count). The monoisotopic (exact) mass is 446 g/mol. The lowest BCUT2D eigenvalue weighted by Gasteiger charge is -2.09. The second-order valence-electron chi connectivity index (χ2n) is 7.99. The zero-order valence-electron chi connectivity index (χ0n) is 18.5. The third-order valence-electron chi connectivity index (χ3n) is 5.54. The molecule has 1 aromatic heterocycles. The van der Waals surface area contributed by atoms with Crippen molar-refractivity contribution in [2.24, 2.45) is 5.10 Å². The van der Waals surface area contributed by atoms with Crippen molar-refractivity contribution in [1.82, 2.24) is 15.2 Å². The summed E-state index contributed by atoms with van der Waals surface area (Å²) < 4.78 is 1.78. The van der Waals surface area contributed by atoms with Gasteiger partial charge in [-0.1, -0.05) is 60.7 Å². The van der Waals surface area contributed by atoms with Gasteiger partial charge in [0.25, 0.3) is 5.91 Å². The Morgan fingerprint density at radius 3 is 2.53 bits per heavy atom. The average molecular weight is 447 g/mol. The molecule has 0 saturated carbocycles. The van der Waals surface area contributed by atoms with Crippen molar-refractivity contribution in [2.75, 3.05) is 0 Å². The Morgan fingerprint density at radius 2 is 1.71 bits per heavy atom. The van der Waals surface area contributed by atoms with Gasteiger partial charge < -0.3 is 5.11 Å². The van der Waals surface area contributed by atoms with E-state index in [0.29, 0.717) is 5.56 Å². The molecule has 6 heteroatoms. The first-order valence-electron chi connectivity index (χ1n) is 10.9. The van der Waals surface area contributed by atoms with Gasteiger partial charge in [-0.05, 0) is 59.7 Å². The molecule has 0 saturated heterocycles. The summed E-state index contributed by atoms with van der Waals surface area (Å²) >= 11 is 0. The third kappa shape index (κ3) is 4.29. The highest BCUT2D eigenvalue weighted by Crippen LogP contribution is 2.28. The van der Waals surface area contributed by atoms with Crippen LogP contribution >= 0.6 is 0 Å². The zero-order valence-corrected chi connectivity index (χ0v) is 18.5. The van der Waals surface area contributed by atoms with Gasteiger partial charge in [0, 0.05) is 11.1 Å². The largest absolute Gasteiger partial charge is 0.507 e. The fraction of sp³-hybridized carbons (Fsp3) is 0.0357. The fourth-order valence-electron chi connectivity index (χ4n) is 3.82. The Bertz CT molecular complexity index is 1530. The molecule has 5 aromatic rings. The number of amides is 1. The number of phenolic OH excluding ortho intramolecular Hbond substituents is 1. The number of phenols is 1. The Morgan fingerprint density at radius 1 is 0.912 bits per heavy atom. The van der Waals surface area contributed by atoms with Crippen LogP contribution < -0.4 is 5.43 Å². The number of carbonyl (C=O) groups excluding carboxylic acids is 1. The Balaban J connectivity index is 1.52. The molecule has 6 nitrogen and oxygen atoms in total. The molecule has 0 radical (unpaired) electrons. The minimum atomic E-state index is -0.444. The molecule has 0 fully saturated rings. The first-order valence-corrected chi connectivity index (χ1v) is 10.9. The smallest absolute Gasteiger partial charge is 0.291 e. The minimum Gasteiger partial charge on any atom is -0.507 e. The number of para-hydroxylation sites is 1. The summed E-state index contributed by atoms with van der Waals surface area (Å²) in [6.07, 6.45) is 1.40. The number of fused-ring (bicyclic) bond motifs is 1. The lowest BCUT2D eigenvalue weighted by atomic mass is 10.0. The number of benzene rings is 4. The highest BCUT2D eigenvalue weighted by Gasteiger charge is 2.17. The predicted octanol–water partition coefficient (Wildman–Crippen LogP) is 5.47. The molecular formula is C28H22N4O2. The number of hydrogen-bond acceptors (Lipinski definition) is 4. The van der Waals surface area contributed by atoms with Crippen LogP contribution in [0.15, 0.2) is 102 Å². The number of hydrogen-bond donors (Lipinski definition) is 2. The van der Waals surface area contributed by atoms with Gasteiger partial charge in [0.2, 0.25) is 0 Å². The van der Waals surface area contributed by atoms with Crippen molar-refractivity contribution in [2.45, 2.75) is 6.92 Å². The van der Waals surface area contributed by atoms with E-state index in [1.165, 1.54) is 6.21 Å². The Kier molecular flexibility index (Phi) is 5.62. The molecule has 0 spiro atoms. The second kappa shape index (κ2) is 9.03. The van der Waals surface area contributed by atoms with Crippen LogP contribution in [0.4, 0.5) is 0 Å². The van der Waals surface area contributed by atoms with Crippen molar-refractivity contribution >= 4 is 22.9 Å². The van der Waals surface area contributed by atoms with Gasteiger partial charge >= 0.3 is 0 Å². The summed E-state index contributed by atoms with van der Waals surface area (Å²) in [7, 11) is 0. The Labute approximate surface area is 196 Å². The number of nitrogens with zero attached hydrogens (tertiary/aromatic N) is 3. The number of nitrogens with one attached hydrogen (secondary N) is 1. The van der Waals surface area contributed by atoms with E-state index >= 15 is 0 Å². The summed E-state index contributed by atoms with van der Waals surface area (Å²) in [5.74, 6) is -0.358. The van der Waals surface area contributed by atoms with Crippen molar-refractivity contribution in [1.29, 1.82) is 0 Å². The molecule has 1 heterocycles. The maximum Gasteiger partial charge on any atom is 0.291 e. The highest BCUT2D eigenvalue weighted by molar-refractivity contribution is 5.95. The number of aryl methyl sites for hydroxylation is 1. The lowest BCUT2D eigenvalue weighted by molar-refractivity contribution is 0.0949. The van der Waals surface area contributed by atoms with Crippen LogP contribution in [0.3, 0.4) is 0 Å². The first kappa shape index (κ1) is 21.2. The van der Waals surface area contributed by atoms with Gasteiger partial charge in [-0.15, -0.1) is 0 Å². The van der Waals surface area contributed by atoms with Gasteiger partial charge in [0.05, 0.1) is 17.6 Å². The van der Waals surface area contributed by atoms with E-state index in [9.17, 15) is 9.90 Å². The van der Waals surface area contributed by atoms with Crippen LogP contribution in [-0.2, 0) is 0 Å². The summed E-state index contributed by atoms with van der Waals surface area (Å²) in [6.45, 7) is 2.02. The van der Waals surface area contributed by atoms with Crippen LogP contribution in [0.1, 0.15) is 21.6 Å². The van der Waals surface area contributed by atoms with E-state index in [1.54, 1.807) is 35.0 Å². The molecule has 0 unspecified atom stereocenters. The van der Waals surface area contributed by atoms with Gasteiger partial charge in [-0.3, -0.25) is 4.79 Å². The van der Waals surface area contributed by atoms with Crippen molar-refractivity contribution in [3.63, 3.8) is 0 Å². The molecule has 2 N–H and O–H groups in total. The molecule has 0 bridgehead atoms. The Hall–Kier alpha value is -4.71. The average Bonchev–Trinajstić information content (AvgIpc) is 3.31. The molecule has 1 amide bonds. The second-order valence-corrected chi connectivity index (χ2v) is 7.99. The van der Waals surface area contributed by atoms with Crippen molar-refractivity contribution in [3.8, 4) is 22.7 Å². The van der Waals surface area contributed by atoms with Crippen LogP contribution in [0.25, 0.3) is 27.7 Å². The van der Waals surface area contributed by atoms with E-state index in [-0.39, 0.29) is 11.4 Å². The van der Waals surface area contributed by atoms with Gasteiger partial charge in [0.15, 0.2) is 5.69 Å². The molecule has 0 aliphatic heterocycles. The van der Waals surface area contributed by atoms with Crippen LogP contribution in [0, 0.1) is 6.92 Å². The first-order chi connectivity index (χ1) is 16.6. The number of hydrazone groups is 1. The third-order valence-corrected chi connectivity index (χ3v) is 5.54. The number of aromatic nitrogens is 2.